The maximum Gasteiger partial charge on any atom is 0.393 e. The zero-order valence-electron chi connectivity index (χ0n) is 18.4. The van der Waals surface area contributed by atoms with Crippen LogP contribution in [0, 0.1) is 17.2 Å². The highest BCUT2D eigenvalue weighted by molar-refractivity contribution is 5.85. The fraction of sp³-hybridized carbons (Fsp3) is 0.500. The van der Waals surface area contributed by atoms with Crippen LogP contribution in [-0.4, -0.2) is 50.7 Å². The molecule has 8 nitrogen and oxygen atoms in total. The number of nitriles is 1. The van der Waals surface area contributed by atoms with Gasteiger partial charge < -0.3 is 10.2 Å². The average Bonchev–Trinajstić information content (AvgIpc) is 3.32. The van der Waals surface area contributed by atoms with E-state index in [-0.39, 0.29) is 36.0 Å². The van der Waals surface area contributed by atoms with Crippen molar-refractivity contribution in [1.29, 1.82) is 5.26 Å². The molecule has 1 aromatic carbocycles. The molecule has 1 aliphatic rings. The van der Waals surface area contributed by atoms with Crippen LogP contribution >= 0.6 is 0 Å². The fourth-order valence-corrected chi connectivity index (χ4v) is 3.93. The largest absolute Gasteiger partial charge is 0.393 e. The number of benzene rings is 1. The first-order valence-electron chi connectivity index (χ1n) is 10.5. The summed E-state index contributed by atoms with van der Waals surface area (Å²) in [5.41, 5.74) is -0.586. The SMILES string of the molecule is CC(C)(C(=O)N1CCC[C@@H](C(=O)NCc2ccc(C#N)cc2CC(F)(F)F)C1)n1cncn1. The highest BCUT2D eigenvalue weighted by atomic mass is 19.4. The lowest BCUT2D eigenvalue weighted by Crippen LogP contribution is -2.52. The van der Waals surface area contributed by atoms with Gasteiger partial charge in [0.05, 0.1) is 24.0 Å². The Balaban J connectivity index is 1.65. The first-order chi connectivity index (χ1) is 15.5. The number of amides is 2. The molecule has 1 atom stereocenters. The van der Waals surface area contributed by atoms with Gasteiger partial charge in [-0.25, -0.2) is 9.67 Å². The zero-order valence-corrected chi connectivity index (χ0v) is 18.4. The van der Waals surface area contributed by atoms with Gasteiger partial charge in [0.15, 0.2) is 0 Å². The number of hydrogen-bond acceptors (Lipinski definition) is 5. The van der Waals surface area contributed by atoms with Crippen LogP contribution in [0.1, 0.15) is 43.4 Å². The number of nitrogens with one attached hydrogen (secondary N) is 1. The van der Waals surface area contributed by atoms with Gasteiger partial charge in [-0.2, -0.15) is 23.5 Å². The maximum atomic E-state index is 13.1. The molecule has 11 heteroatoms. The van der Waals surface area contributed by atoms with Crippen molar-refractivity contribution >= 4 is 11.8 Å². The van der Waals surface area contributed by atoms with Gasteiger partial charge >= 0.3 is 6.18 Å². The van der Waals surface area contributed by atoms with Crippen molar-refractivity contribution in [2.24, 2.45) is 5.92 Å². The van der Waals surface area contributed by atoms with Crippen LogP contribution in [0.5, 0.6) is 0 Å². The van der Waals surface area contributed by atoms with E-state index in [1.54, 1.807) is 18.7 Å². The number of alkyl halides is 3. The highest BCUT2D eigenvalue weighted by Gasteiger charge is 2.38. The second kappa shape index (κ2) is 9.60. The van der Waals surface area contributed by atoms with E-state index in [1.807, 2.05) is 6.07 Å². The Kier molecular flexibility index (Phi) is 7.05. The molecule has 1 saturated heterocycles. The van der Waals surface area contributed by atoms with Crippen molar-refractivity contribution in [3.05, 3.63) is 47.5 Å². The first-order valence-corrected chi connectivity index (χ1v) is 10.5. The van der Waals surface area contributed by atoms with Gasteiger partial charge in [0.25, 0.3) is 0 Å². The number of likely N-dealkylation sites (tertiary alicyclic amines) is 1. The molecule has 1 aromatic heterocycles. The summed E-state index contributed by atoms with van der Waals surface area (Å²) in [4.78, 5) is 31.4. The Bertz CT molecular complexity index is 1040. The summed E-state index contributed by atoms with van der Waals surface area (Å²) in [5, 5.41) is 15.7. The molecule has 0 saturated carbocycles. The third-order valence-electron chi connectivity index (χ3n) is 5.77. The van der Waals surface area contributed by atoms with Crippen molar-refractivity contribution < 1.29 is 22.8 Å². The van der Waals surface area contributed by atoms with Crippen LogP contribution in [-0.2, 0) is 28.1 Å². The summed E-state index contributed by atoms with van der Waals surface area (Å²) in [7, 11) is 0. The molecule has 176 valence electrons. The van der Waals surface area contributed by atoms with E-state index in [4.69, 9.17) is 5.26 Å². The number of halogens is 3. The monoisotopic (exact) mass is 462 g/mol. The lowest BCUT2D eigenvalue weighted by molar-refractivity contribution is -0.143. The summed E-state index contributed by atoms with van der Waals surface area (Å²) in [5.74, 6) is -0.989. The summed E-state index contributed by atoms with van der Waals surface area (Å²) in [6.07, 6.45) is -1.61. The average molecular weight is 462 g/mol. The lowest BCUT2D eigenvalue weighted by atomic mass is 9.94. The number of aromatic nitrogens is 3. The Morgan fingerprint density at radius 2 is 2.03 bits per heavy atom. The predicted molar refractivity (Wildman–Crippen MR) is 111 cm³/mol. The molecule has 0 aliphatic carbocycles. The second-order valence-electron chi connectivity index (χ2n) is 8.59. The number of nitrogens with zero attached hydrogens (tertiary/aromatic N) is 5. The number of rotatable bonds is 6. The minimum absolute atomic E-state index is 0.0446. The standard InChI is InChI=1S/C22H25F3N6O2/c1-21(2,31-14-27-13-29-31)20(33)30-7-3-4-17(12-30)19(32)28-11-16-6-5-15(10-26)8-18(16)9-22(23,24)25/h5-6,8,13-14,17H,3-4,7,9,11-12H2,1-2H3,(H,28,32)/t17-/m1/s1. The third kappa shape index (κ3) is 5.88. The minimum Gasteiger partial charge on any atom is -0.352 e. The normalized spacial score (nSPS) is 16.8. The van der Waals surface area contributed by atoms with Crippen LogP contribution < -0.4 is 5.32 Å². The second-order valence-corrected chi connectivity index (χ2v) is 8.59. The van der Waals surface area contributed by atoms with Gasteiger partial charge in [0.1, 0.15) is 18.2 Å². The Morgan fingerprint density at radius 3 is 2.67 bits per heavy atom. The quantitative estimate of drug-likeness (QED) is 0.711. The van der Waals surface area contributed by atoms with E-state index in [1.165, 1.54) is 35.5 Å². The van der Waals surface area contributed by atoms with Crippen LogP contribution in [0.2, 0.25) is 0 Å². The van der Waals surface area contributed by atoms with Crippen LogP contribution in [0.25, 0.3) is 0 Å². The van der Waals surface area contributed by atoms with E-state index in [9.17, 15) is 22.8 Å². The topological polar surface area (TPSA) is 104 Å². The third-order valence-corrected chi connectivity index (χ3v) is 5.77. The predicted octanol–water partition coefficient (Wildman–Crippen LogP) is 2.54. The molecule has 2 heterocycles. The van der Waals surface area contributed by atoms with Crippen molar-refractivity contribution in [3.8, 4) is 6.07 Å². The molecule has 3 rings (SSSR count). The molecule has 1 fully saturated rings. The number of hydrogen-bond donors (Lipinski definition) is 1. The fourth-order valence-electron chi connectivity index (χ4n) is 3.93. The molecule has 0 spiro atoms. The van der Waals surface area contributed by atoms with Gasteiger partial charge in [-0.3, -0.25) is 9.59 Å². The molecule has 1 N–H and O–H groups in total. The molecule has 1 aliphatic heterocycles. The van der Waals surface area contributed by atoms with Crippen molar-refractivity contribution in [3.63, 3.8) is 0 Å². The van der Waals surface area contributed by atoms with Crippen molar-refractivity contribution in [2.45, 2.75) is 51.4 Å². The minimum atomic E-state index is -4.44. The summed E-state index contributed by atoms with van der Waals surface area (Å²) < 4.78 is 40.3. The molecule has 0 unspecified atom stereocenters. The number of carbonyl (C=O) groups excluding carboxylic acids is 2. The smallest absolute Gasteiger partial charge is 0.352 e. The Hall–Kier alpha value is -3.42. The molecular formula is C22H25F3N6O2. The zero-order chi connectivity index (χ0) is 24.2. The van der Waals surface area contributed by atoms with E-state index in [0.29, 0.717) is 24.9 Å². The summed E-state index contributed by atoms with van der Waals surface area (Å²) >= 11 is 0. The van der Waals surface area contributed by atoms with E-state index < -0.39 is 24.1 Å². The molecule has 0 bridgehead atoms. The van der Waals surface area contributed by atoms with Crippen molar-refractivity contribution in [1.82, 2.24) is 25.0 Å². The molecule has 33 heavy (non-hydrogen) atoms. The van der Waals surface area contributed by atoms with Gasteiger partial charge in [-0.1, -0.05) is 6.07 Å². The lowest BCUT2D eigenvalue weighted by Gasteiger charge is -2.37. The van der Waals surface area contributed by atoms with E-state index in [2.05, 4.69) is 15.4 Å². The Labute approximate surface area is 189 Å². The van der Waals surface area contributed by atoms with E-state index in [0.717, 1.165) is 0 Å². The van der Waals surface area contributed by atoms with E-state index >= 15 is 0 Å². The van der Waals surface area contributed by atoms with Gasteiger partial charge in [-0.05, 0) is 49.9 Å². The summed E-state index contributed by atoms with van der Waals surface area (Å²) in [6, 6.07) is 5.88. The molecule has 0 radical (unpaired) electrons. The maximum absolute atomic E-state index is 13.1. The highest BCUT2D eigenvalue weighted by Crippen LogP contribution is 2.26. The number of piperidine rings is 1. The molecular weight excluding hydrogens is 437 g/mol. The van der Waals surface area contributed by atoms with Gasteiger partial charge in [0.2, 0.25) is 11.8 Å². The molecule has 2 aromatic rings. The molecule has 2 amide bonds. The van der Waals surface area contributed by atoms with Gasteiger partial charge in [0, 0.05) is 19.6 Å². The van der Waals surface area contributed by atoms with Crippen molar-refractivity contribution in [2.75, 3.05) is 13.1 Å². The number of carbonyl (C=O) groups is 2. The first kappa shape index (κ1) is 24.2. The Morgan fingerprint density at radius 1 is 1.27 bits per heavy atom. The van der Waals surface area contributed by atoms with Crippen LogP contribution in [0.15, 0.2) is 30.9 Å². The summed E-state index contributed by atoms with van der Waals surface area (Å²) in [6.45, 7) is 4.07. The van der Waals surface area contributed by atoms with Crippen LogP contribution in [0.3, 0.4) is 0 Å². The van der Waals surface area contributed by atoms with Gasteiger partial charge in [-0.15, -0.1) is 0 Å². The van der Waals surface area contributed by atoms with Crippen LogP contribution in [0.4, 0.5) is 13.2 Å².